The highest BCUT2D eigenvalue weighted by Crippen LogP contribution is 2.20. The van der Waals surface area contributed by atoms with Gasteiger partial charge < -0.3 is 16.0 Å². The van der Waals surface area contributed by atoms with Crippen molar-refractivity contribution in [2.45, 2.75) is 19.9 Å². The van der Waals surface area contributed by atoms with Gasteiger partial charge in [-0.2, -0.15) is 0 Å². The standard InChI is InChI=1S/C14H16N6/c1-2-9-4-3-5-10(11(9)15)6-16-13-12-14(18-7-17-12)20-8-19-13/h3-5,7-8H,2,6,15H2,1H3,(H2,16,17,18,19,20). The van der Waals surface area contributed by atoms with E-state index in [4.69, 9.17) is 5.73 Å². The maximum absolute atomic E-state index is 6.16. The van der Waals surface area contributed by atoms with E-state index in [0.717, 1.165) is 29.0 Å². The van der Waals surface area contributed by atoms with Crippen LogP contribution in [0, 0.1) is 0 Å². The Morgan fingerprint density at radius 2 is 2.05 bits per heavy atom. The van der Waals surface area contributed by atoms with E-state index >= 15 is 0 Å². The third-order valence-electron chi connectivity index (χ3n) is 3.34. The minimum absolute atomic E-state index is 0.616. The van der Waals surface area contributed by atoms with E-state index in [1.54, 1.807) is 6.33 Å². The lowest BCUT2D eigenvalue weighted by Gasteiger charge is -2.11. The van der Waals surface area contributed by atoms with Gasteiger partial charge in [0.1, 0.15) is 11.8 Å². The first-order chi connectivity index (χ1) is 9.79. The molecule has 4 N–H and O–H groups in total. The number of nitrogens with zero attached hydrogens (tertiary/aromatic N) is 3. The van der Waals surface area contributed by atoms with Crippen molar-refractivity contribution in [2.75, 3.05) is 11.1 Å². The molecular formula is C14H16N6. The number of nitrogen functional groups attached to an aromatic ring is 1. The number of aromatic nitrogens is 4. The van der Waals surface area contributed by atoms with Crippen LogP contribution in [0.4, 0.5) is 11.5 Å². The summed E-state index contributed by atoms with van der Waals surface area (Å²) < 4.78 is 0. The number of anilines is 2. The predicted molar refractivity (Wildman–Crippen MR) is 79.2 cm³/mol. The molecule has 0 amide bonds. The molecule has 2 aromatic heterocycles. The van der Waals surface area contributed by atoms with Crippen LogP contribution in [0.25, 0.3) is 11.2 Å². The maximum Gasteiger partial charge on any atom is 0.182 e. The van der Waals surface area contributed by atoms with Crippen LogP contribution in [0.15, 0.2) is 30.9 Å². The first-order valence-electron chi connectivity index (χ1n) is 6.53. The van der Waals surface area contributed by atoms with Crippen LogP contribution in [0.5, 0.6) is 0 Å². The molecule has 0 aliphatic carbocycles. The van der Waals surface area contributed by atoms with Crippen LogP contribution in [-0.2, 0) is 13.0 Å². The van der Waals surface area contributed by atoms with Gasteiger partial charge in [0.25, 0.3) is 0 Å². The van der Waals surface area contributed by atoms with E-state index in [2.05, 4.69) is 38.2 Å². The number of nitrogens with two attached hydrogens (primary N) is 1. The lowest BCUT2D eigenvalue weighted by molar-refractivity contribution is 1.08. The number of fused-ring (bicyclic) bond motifs is 1. The Morgan fingerprint density at radius 3 is 2.90 bits per heavy atom. The number of nitrogens with one attached hydrogen (secondary N) is 2. The Hall–Kier alpha value is -2.63. The quantitative estimate of drug-likeness (QED) is 0.630. The summed E-state index contributed by atoms with van der Waals surface area (Å²) in [6, 6.07) is 6.10. The Kier molecular flexibility index (Phi) is 3.20. The molecule has 3 aromatic rings. The molecule has 0 bridgehead atoms. The summed E-state index contributed by atoms with van der Waals surface area (Å²) in [6.07, 6.45) is 4.03. The SMILES string of the molecule is CCc1cccc(CNc2ncnc3nc[nH]c23)c1N. The highest BCUT2D eigenvalue weighted by molar-refractivity contribution is 5.81. The summed E-state index contributed by atoms with van der Waals surface area (Å²) in [5.74, 6) is 0.730. The second kappa shape index (κ2) is 5.16. The molecule has 0 saturated carbocycles. The third-order valence-corrected chi connectivity index (χ3v) is 3.34. The van der Waals surface area contributed by atoms with Crippen molar-refractivity contribution in [1.82, 2.24) is 19.9 Å². The number of hydrogen-bond donors (Lipinski definition) is 3. The average Bonchev–Trinajstić information content (AvgIpc) is 2.95. The van der Waals surface area contributed by atoms with Gasteiger partial charge in [-0.25, -0.2) is 15.0 Å². The van der Waals surface area contributed by atoms with E-state index in [1.807, 2.05) is 12.1 Å². The average molecular weight is 268 g/mol. The van der Waals surface area contributed by atoms with Gasteiger partial charge in [-0.05, 0) is 17.5 Å². The number of H-pyrrole nitrogens is 1. The summed E-state index contributed by atoms with van der Waals surface area (Å²) in [6.45, 7) is 2.71. The minimum Gasteiger partial charge on any atom is -0.398 e. The van der Waals surface area contributed by atoms with Gasteiger partial charge in [0.05, 0.1) is 6.33 Å². The Labute approximate surface area is 116 Å². The zero-order valence-electron chi connectivity index (χ0n) is 11.2. The van der Waals surface area contributed by atoms with Crippen molar-refractivity contribution in [3.8, 4) is 0 Å². The lowest BCUT2D eigenvalue weighted by atomic mass is 10.1. The van der Waals surface area contributed by atoms with E-state index in [0.29, 0.717) is 12.2 Å². The van der Waals surface area contributed by atoms with Crippen LogP contribution >= 0.6 is 0 Å². The van der Waals surface area contributed by atoms with Crippen molar-refractivity contribution in [2.24, 2.45) is 0 Å². The van der Waals surface area contributed by atoms with Crippen molar-refractivity contribution >= 4 is 22.7 Å². The fourth-order valence-corrected chi connectivity index (χ4v) is 2.21. The largest absolute Gasteiger partial charge is 0.398 e. The monoisotopic (exact) mass is 268 g/mol. The molecule has 0 radical (unpaired) electrons. The van der Waals surface area contributed by atoms with Crippen molar-refractivity contribution in [3.05, 3.63) is 42.0 Å². The van der Waals surface area contributed by atoms with Gasteiger partial charge in [-0.3, -0.25) is 0 Å². The normalized spacial score (nSPS) is 10.8. The van der Waals surface area contributed by atoms with Gasteiger partial charge in [0.15, 0.2) is 11.5 Å². The molecule has 6 heteroatoms. The van der Waals surface area contributed by atoms with Crippen LogP contribution in [0.3, 0.4) is 0 Å². The summed E-state index contributed by atoms with van der Waals surface area (Å²) >= 11 is 0. The first-order valence-corrected chi connectivity index (χ1v) is 6.53. The number of aryl methyl sites for hydroxylation is 1. The van der Waals surface area contributed by atoms with Crippen LogP contribution in [0.1, 0.15) is 18.1 Å². The molecule has 1 aromatic carbocycles. The lowest BCUT2D eigenvalue weighted by Crippen LogP contribution is -2.06. The predicted octanol–water partition coefficient (Wildman–Crippen LogP) is 2.11. The molecule has 0 aliphatic rings. The summed E-state index contributed by atoms with van der Waals surface area (Å²) in [4.78, 5) is 15.5. The van der Waals surface area contributed by atoms with E-state index in [-0.39, 0.29) is 0 Å². The molecule has 102 valence electrons. The Bertz CT molecular complexity index is 733. The number of rotatable bonds is 4. The van der Waals surface area contributed by atoms with Crippen molar-refractivity contribution < 1.29 is 0 Å². The van der Waals surface area contributed by atoms with Gasteiger partial charge in [-0.15, -0.1) is 0 Å². The molecule has 6 nitrogen and oxygen atoms in total. The second-order valence-electron chi connectivity index (χ2n) is 4.52. The number of hydrogen-bond acceptors (Lipinski definition) is 5. The summed E-state index contributed by atoms with van der Waals surface area (Å²) in [7, 11) is 0. The van der Waals surface area contributed by atoms with Crippen LogP contribution < -0.4 is 11.1 Å². The topological polar surface area (TPSA) is 92.5 Å². The highest BCUT2D eigenvalue weighted by Gasteiger charge is 2.07. The van der Waals surface area contributed by atoms with Crippen LogP contribution in [0.2, 0.25) is 0 Å². The number of benzene rings is 1. The highest BCUT2D eigenvalue weighted by atomic mass is 15.1. The van der Waals surface area contributed by atoms with E-state index in [9.17, 15) is 0 Å². The molecule has 0 atom stereocenters. The van der Waals surface area contributed by atoms with Gasteiger partial charge in [-0.1, -0.05) is 25.1 Å². The van der Waals surface area contributed by atoms with E-state index in [1.165, 1.54) is 11.9 Å². The first kappa shape index (κ1) is 12.4. The molecule has 0 fully saturated rings. The van der Waals surface area contributed by atoms with E-state index < -0.39 is 0 Å². The Morgan fingerprint density at radius 1 is 1.20 bits per heavy atom. The Balaban J connectivity index is 1.85. The summed E-state index contributed by atoms with van der Waals surface area (Å²) in [5.41, 5.74) is 10.7. The summed E-state index contributed by atoms with van der Waals surface area (Å²) in [5, 5.41) is 3.28. The third kappa shape index (κ3) is 2.16. The van der Waals surface area contributed by atoms with Gasteiger partial charge in [0, 0.05) is 12.2 Å². The van der Waals surface area contributed by atoms with Crippen molar-refractivity contribution in [1.29, 1.82) is 0 Å². The number of aromatic amines is 1. The molecule has 3 rings (SSSR count). The van der Waals surface area contributed by atoms with Crippen molar-refractivity contribution in [3.63, 3.8) is 0 Å². The molecule has 0 aliphatic heterocycles. The number of para-hydroxylation sites is 1. The minimum atomic E-state index is 0.616. The van der Waals surface area contributed by atoms with Crippen LogP contribution in [-0.4, -0.2) is 19.9 Å². The second-order valence-corrected chi connectivity index (χ2v) is 4.52. The maximum atomic E-state index is 6.16. The fraction of sp³-hybridized carbons (Fsp3) is 0.214. The van der Waals surface area contributed by atoms with Gasteiger partial charge in [0.2, 0.25) is 0 Å². The molecular weight excluding hydrogens is 252 g/mol. The molecule has 0 saturated heterocycles. The zero-order valence-corrected chi connectivity index (χ0v) is 11.2. The molecule has 20 heavy (non-hydrogen) atoms. The van der Waals surface area contributed by atoms with Gasteiger partial charge >= 0.3 is 0 Å². The fourth-order valence-electron chi connectivity index (χ4n) is 2.21. The zero-order chi connectivity index (χ0) is 13.9. The number of imidazole rings is 1. The molecule has 0 spiro atoms. The molecule has 0 unspecified atom stereocenters. The molecule has 2 heterocycles. The smallest absolute Gasteiger partial charge is 0.182 e.